The van der Waals surface area contributed by atoms with E-state index in [4.69, 9.17) is 9.15 Å². The molecular weight excluding hydrogens is 406 g/mol. The van der Waals surface area contributed by atoms with Gasteiger partial charge in [-0.3, -0.25) is 4.79 Å². The van der Waals surface area contributed by atoms with Crippen LogP contribution in [-0.4, -0.2) is 28.5 Å². The summed E-state index contributed by atoms with van der Waals surface area (Å²) in [7, 11) is 1.34. The minimum atomic E-state index is -0.394. The van der Waals surface area contributed by atoms with Crippen LogP contribution in [0.2, 0.25) is 0 Å². The number of nitrogens with one attached hydrogen (secondary N) is 1. The lowest BCUT2D eigenvalue weighted by atomic mass is 10.1. The number of carbonyl (C=O) groups excluding carboxylic acids is 2. The van der Waals surface area contributed by atoms with E-state index in [1.807, 2.05) is 54.1 Å². The Morgan fingerprint density at radius 1 is 1.06 bits per heavy atom. The highest BCUT2D eigenvalue weighted by Gasteiger charge is 2.16. The Bertz CT molecular complexity index is 1210. The number of aromatic nitrogens is 2. The molecule has 7 nitrogen and oxygen atoms in total. The van der Waals surface area contributed by atoms with Gasteiger partial charge in [-0.25, -0.2) is 9.78 Å². The monoisotopic (exact) mass is 429 g/mol. The fourth-order valence-electron chi connectivity index (χ4n) is 3.41. The maximum Gasteiger partial charge on any atom is 0.337 e. The minimum Gasteiger partial charge on any atom is -0.465 e. The molecule has 0 aliphatic rings. The van der Waals surface area contributed by atoms with E-state index < -0.39 is 5.97 Å². The molecule has 0 aliphatic heterocycles. The fourth-order valence-corrected chi connectivity index (χ4v) is 3.41. The summed E-state index contributed by atoms with van der Waals surface area (Å²) in [5.41, 5.74) is 3.49. The van der Waals surface area contributed by atoms with E-state index in [9.17, 15) is 9.59 Å². The minimum absolute atomic E-state index is 0.202. The lowest BCUT2D eigenvalue weighted by Crippen LogP contribution is -2.28. The van der Waals surface area contributed by atoms with E-state index in [2.05, 4.69) is 10.3 Å². The van der Waals surface area contributed by atoms with Crippen molar-refractivity contribution in [3.63, 3.8) is 0 Å². The van der Waals surface area contributed by atoms with Crippen molar-refractivity contribution in [1.29, 1.82) is 0 Å². The highest BCUT2D eigenvalue weighted by atomic mass is 16.5. The van der Waals surface area contributed by atoms with E-state index in [-0.39, 0.29) is 11.9 Å². The van der Waals surface area contributed by atoms with Gasteiger partial charge in [-0.15, -0.1) is 0 Å². The van der Waals surface area contributed by atoms with E-state index in [0.717, 1.165) is 16.8 Å². The van der Waals surface area contributed by atoms with E-state index in [0.29, 0.717) is 23.7 Å². The molecule has 0 aliphatic carbocycles. The maximum absolute atomic E-state index is 12.9. The molecule has 1 N–H and O–H groups in total. The molecule has 4 aromatic rings. The molecule has 1 amide bonds. The Hall–Kier alpha value is -4.13. The quantitative estimate of drug-likeness (QED) is 0.438. The SMILES string of the molecule is COC(=O)c1ccc([C@H](C)NC(=O)c2cccn2Cc2coc(-c3ccccc3)n2)cc1. The van der Waals surface area contributed by atoms with Crippen LogP contribution in [0.3, 0.4) is 0 Å². The van der Waals surface area contributed by atoms with Gasteiger partial charge < -0.3 is 19.0 Å². The van der Waals surface area contributed by atoms with Crippen molar-refractivity contribution in [3.8, 4) is 11.5 Å². The molecule has 0 unspecified atom stereocenters. The van der Waals surface area contributed by atoms with Crippen LogP contribution in [0.15, 0.2) is 83.6 Å². The topological polar surface area (TPSA) is 86.4 Å². The molecule has 0 bridgehead atoms. The molecule has 32 heavy (non-hydrogen) atoms. The first-order chi connectivity index (χ1) is 15.5. The van der Waals surface area contributed by atoms with Crippen LogP contribution < -0.4 is 5.32 Å². The Balaban J connectivity index is 1.43. The second-order valence-corrected chi connectivity index (χ2v) is 7.34. The molecule has 2 heterocycles. The van der Waals surface area contributed by atoms with Gasteiger partial charge in [0.2, 0.25) is 5.89 Å². The number of hydrogen-bond donors (Lipinski definition) is 1. The molecule has 0 radical (unpaired) electrons. The third kappa shape index (κ3) is 4.62. The molecule has 2 aromatic heterocycles. The number of carbonyl (C=O) groups is 2. The predicted molar refractivity (Wildman–Crippen MR) is 119 cm³/mol. The first-order valence-electron chi connectivity index (χ1n) is 10.2. The zero-order valence-electron chi connectivity index (χ0n) is 17.8. The van der Waals surface area contributed by atoms with Crippen molar-refractivity contribution in [1.82, 2.24) is 14.9 Å². The second kappa shape index (κ2) is 9.34. The van der Waals surface area contributed by atoms with Gasteiger partial charge in [0, 0.05) is 11.8 Å². The van der Waals surface area contributed by atoms with Crippen molar-refractivity contribution >= 4 is 11.9 Å². The standard InChI is InChI=1S/C25H23N3O4/c1-17(18-10-12-20(13-11-18)25(30)31-2)26-23(29)22-9-6-14-28(22)15-21-16-32-24(27-21)19-7-4-3-5-8-19/h3-14,16-17H,15H2,1-2H3,(H,26,29)/t17-/m0/s1. The molecule has 4 rings (SSSR count). The number of amides is 1. The number of oxazole rings is 1. The van der Waals surface area contributed by atoms with E-state index in [1.54, 1.807) is 36.6 Å². The fraction of sp³-hybridized carbons (Fsp3) is 0.160. The summed E-state index contributed by atoms with van der Waals surface area (Å²) in [6.07, 6.45) is 3.44. The number of rotatable bonds is 7. The summed E-state index contributed by atoms with van der Waals surface area (Å²) >= 11 is 0. The zero-order chi connectivity index (χ0) is 22.5. The molecule has 0 saturated carbocycles. The number of ether oxygens (including phenoxy) is 1. The predicted octanol–water partition coefficient (Wildman–Crippen LogP) is 4.47. The van der Waals surface area contributed by atoms with Gasteiger partial charge in [-0.2, -0.15) is 0 Å². The van der Waals surface area contributed by atoms with Gasteiger partial charge in [0.1, 0.15) is 12.0 Å². The number of hydrogen-bond acceptors (Lipinski definition) is 5. The first-order valence-corrected chi connectivity index (χ1v) is 10.2. The van der Waals surface area contributed by atoms with E-state index >= 15 is 0 Å². The average Bonchev–Trinajstić information content (AvgIpc) is 3.49. The largest absolute Gasteiger partial charge is 0.465 e. The van der Waals surface area contributed by atoms with Crippen LogP contribution in [0.4, 0.5) is 0 Å². The molecule has 2 aromatic carbocycles. The van der Waals surface area contributed by atoms with Gasteiger partial charge in [-0.1, -0.05) is 30.3 Å². The average molecular weight is 429 g/mol. The van der Waals surface area contributed by atoms with Crippen LogP contribution in [0.5, 0.6) is 0 Å². The van der Waals surface area contributed by atoms with Crippen LogP contribution in [0, 0.1) is 0 Å². The highest BCUT2D eigenvalue weighted by Crippen LogP contribution is 2.19. The number of methoxy groups -OCH3 is 1. The van der Waals surface area contributed by atoms with Gasteiger partial charge in [0.15, 0.2) is 0 Å². The Labute approximate surface area is 185 Å². The van der Waals surface area contributed by atoms with Gasteiger partial charge in [-0.05, 0) is 48.9 Å². The molecule has 0 spiro atoms. The number of esters is 1. The normalized spacial score (nSPS) is 11.7. The maximum atomic E-state index is 12.9. The lowest BCUT2D eigenvalue weighted by molar-refractivity contribution is 0.0600. The molecule has 0 saturated heterocycles. The third-order valence-corrected chi connectivity index (χ3v) is 5.15. The Morgan fingerprint density at radius 3 is 2.53 bits per heavy atom. The van der Waals surface area contributed by atoms with Crippen LogP contribution >= 0.6 is 0 Å². The van der Waals surface area contributed by atoms with Crippen LogP contribution in [0.1, 0.15) is 45.1 Å². The summed E-state index contributed by atoms with van der Waals surface area (Å²) < 4.78 is 12.1. The summed E-state index contributed by atoms with van der Waals surface area (Å²) in [6.45, 7) is 2.30. The van der Waals surface area contributed by atoms with Crippen LogP contribution in [0.25, 0.3) is 11.5 Å². The van der Waals surface area contributed by atoms with Crippen LogP contribution in [-0.2, 0) is 11.3 Å². The van der Waals surface area contributed by atoms with Crippen molar-refractivity contribution in [2.45, 2.75) is 19.5 Å². The smallest absolute Gasteiger partial charge is 0.337 e. The summed E-state index contributed by atoms with van der Waals surface area (Å²) in [4.78, 5) is 29.0. The second-order valence-electron chi connectivity index (χ2n) is 7.34. The summed E-state index contributed by atoms with van der Waals surface area (Å²) in [6, 6.07) is 20.0. The van der Waals surface area contributed by atoms with E-state index in [1.165, 1.54) is 7.11 Å². The van der Waals surface area contributed by atoms with Gasteiger partial charge in [0.05, 0.1) is 31.0 Å². The van der Waals surface area contributed by atoms with Gasteiger partial charge >= 0.3 is 5.97 Å². The summed E-state index contributed by atoms with van der Waals surface area (Å²) in [5, 5.41) is 3.00. The molecule has 7 heteroatoms. The Kier molecular flexibility index (Phi) is 6.17. The molecular formula is C25H23N3O4. The molecule has 162 valence electrons. The lowest BCUT2D eigenvalue weighted by Gasteiger charge is -2.15. The summed E-state index contributed by atoms with van der Waals surface area (Å²) in [5.74, 6) is -0.0524. The van der Waals surface area contributed by atoms with Crippen molar-refractivity contribution in [3.05, 3.63) is 102 Å². The van der Waals surface area contributed by atoms with Crippen molar-refractivity contribution in [2.75, 3.05) is 7.11 Å². The third-order valence-electron chi connectivity index (χ3n) is 5.15. The van der Waals surface area contributed by atoms with Gasteiger partial charge in [0.25, 0.3) is 5.91 Å². The zero-order valence-corrected chi connectivity index (χ0v) is 17.8. The first kappa shape index (κ1) is 21.1. The molecule has 1 atom stereocenters. The molecule has 0 fully saturated rings. The highest BCUT2D eigenvalue weighted by molar-refractivity contribution is 5.93. The number of benzene rings is 2. The van der Waals surface area contributed by atoms with Crippen molar-refractivity contribution < 1.29 is 18.7 Å². The number of nitrogens with zero attached hydrogens (tertiary/aromatic N) is 2. The Morgan fingerprint density at radius 2 is 1.81 bits per heavy atom. The van der Waals surface area contributed by atoms with Crippen molar-refractivity contribution in [2.24, 2.45) is 0 Å².